The quantitative estimate of drug-likeness (QED) is 0.452. The molecule has 1 saturated carbocycles. The first-order chi connectivity index (χ1) is 5.88. The largest absolute Gasteiger partial charge is 0.285 e. The number of carbonyl (C=O) groups excluding carboxylic acids is 1. The summed E-state index contributed by atoms with van der Waals surface area (Å²) in [6.45, 7) is 4.19. The van der Waals surface area contributed by atoms with Crippen molar-refractivity contribution < 1.29 is 4.79 Å². The molecule has 1 rings (SSSR count). The number of nitrogens with zero attached hydrogens (tertiary/aromatic N) is 1. The number of hydrogen-bond donors (Lipinski definition) is 0. The van der Waals surface area contributed by atoms with Crippen LogP contribution in [-0.2, 0) is 4.79 Å². The Morgan fingerprint density at radius 1 is 1.50 bits per heavy atom. The first-order valence-electron chi connectivity index (χ1n) is 4.27. The van der Waals surface area contributed by atoms with Crippen LogP contribution < -0.4 is 0 Å². The van der Waals surface area contributed by atoms with Gasteiger partial charge in [0, 0.05) is 5.71 Å². The first kappa shape index (κ1) is 8.95. The van der Waals surface area contributed by atoms with Crippen molar-refractivity contribution in [2.24, 2.45) is 4.99 Å². The van der Waals surface area contributed by atoms with E-state index in [9.17, 15) is 4.79 Å². The number of rotatable bonds is 2. The Kier molecular flexibility index (Phi) is 3.49. The maximum Gasteiger partial charge on any atom is 0.129 e. The third-order valence-electron chi connectivity index (χ3n) is 1.97. The molecule has 2 heteroatoms. The second-order valence-corrected chi connectivity index (χ2v) is 2.86. The molecule has 0 heterocycles. The van der Waals surface area contributed by atoms with Crippen molar-refractivity contribution in [1.29, 1.82) is 0 Å². The van der Waals surface area contributed by atoms with Crippen LogP contribution in [-0.4, -0.2) is 18.2 Å². The number of hydrogen-bond acceptors (Lipinski definition) is 2. The predicted octanol–water partition coefficient (Wildman–Crippen LogP) is 1.95. The normalized spacial score (nSPS) is 20.7. The van der Waals surface area contributed by atoms with E-state index in [1.807, 2.05) is 5.94 Å². The van der Waals surface area contributed by atoms with Crippen LogP contribution in [0.5, 0.6) is 0 Å². The SMILES string of the molecule is C=CCN=C1CCCCC1=C=O. The van der Waals surface area contributed by atoms with Crippen molar-refractivity contribution in [2.45, 2.75) is 25.7 Å². The molecule has 0 radical (unpaired) electrons. The summed E-state index contributed by atoms with van der Waals surface area (Å²) in [5.74, 6) is 1.96. The third-order valence-corrected chi connectivity index (χ3v) is 1.97. The van der Waals surface area contributed by atoms with E-state index in [1.54, 1.807) is 6.08 Å². The summed E-state index contributed by atoms with van der Waals surface area (Å²) in [4.78, 5) is 14.7. The molecule has 0 unspecified atom stereocenters. The van der Waals surface area contributed by atoms with E-state index in [0.29, 0.717) is 6.54 Å². The van der Waals surface area contributed by atoms with Crippen LogP contribution >= 0.6 is 0 Å². The van der Waals surface area contributed by atoms with Crippen LogP contribution in [0, 0.1) is 0 Å². The van der Waals surface area contributed by atoms with Gasteiger partial charge in [-0.2, -0.15) is 0 Å². The van der Waals surface area contributed by atoms with Crippen LogP contribution in [0.25, 0.3) is 0 Å². The van der Waals surface area contributed by atoms with Crippen LogP contribution in [0.15, 0.2) is 23.2 Å². The van der Waals surface area contributed by atoms with Gasteiger partial charge in [-0.25, -0.2) is 4.79 Å². The highest BCUT2D eigenvalue weighted by molar-refractivity contribution is 6.06. The average molecular weight is 163 g/mol. The lowest BCUT2D eigenvalue weighted by Gasteiger charge is -2.12. The summed E-state index contributed by atoms with van der Waals surface area (Å²) < 4.78 is 0. The second kappa shape index (κ2) is 4.68. The average Bonchev–Trinajstić information content (AvgIpc) is 2.15. The van der Waals surface area contributed by atoms with Gasteiger partial charge in [-0.05, 0) is 25.7 Å². The highest BCUT2D eigenvalue weighted by Gasteiger charge is 2.13. The third kappa shape index (κ3) is 2.18. The Morgan fingerprint density at radius 2 is 2.25 bits per heavy atom. The van der Waals surface area contributed by atoms with E-state index >= 15 is 0 Å². The molecular weight excluding hydrogens is 150 g/mol. The first-order valence-corrected chi connectivity index (χ1v) is 4.27. The monoisotopic (exact) mass is 163 g/mol. The van der Waals surface area contributed by atoms with Gasteiger partial charge in [-0.1, -0.05) is 6.08 Å². The van der Waals surface area contributed by atoms with Crippen molar-refractivity contribution in [3.8, 4) is 0 Å². The van der Waals surface area contributed by atoms with E-state index in [0.717, 1.165) is 37.0 Å². The molecular formula is C10H13NO. The van der Waals surface area contributed by atoms with Gasteiger partial charge >= 0.3 is 0 Å². The Labute approximate surface area is 72.7 Å². The minimum Gasteiger partial charge on any atom is -0.285 e. The number of aliphatic imine (C=N–C) groups is 1. The fourth-order valence-corrected chi connectivity index (χ4v) is 1.35. The Balaban J connectivity index is 2.71. The maximum atomic E-state index is 10.5. The number of allylic oxidation sites excluding steroid dienone is 1. The Morgan fingerprint density at radius 3 is 2.92 bits per heavy atom. The van der Waals surface area contributed by atoms with E-state index in [-0.39, 0.29) is 0 Å². The Bertz CT molecular complexity index is 247. The molecule has 0 spiro atoms. The molecule has 0 atom stereocenters. The molecule has 2 nitrogen and oxygen atoms in total. The summed E-state index contributed by atoms with van der Waals surface area (Å²) in [6.07, 6.45) is 5.75. The highest BCUT2D eigenvalue weighted by atomic mass is 16.1. The zero-order valence-electron chi connectivity index (χ0n) is 7.18. The summed E-state index contributed by atoms with van der Waals surface area (Å²) >= 11 is 0. The summed E-state index contributed by atoms with van der Waals surface area (Å²) in [5.41, 5.74) is 1.71. The minimum absolute atomic E-state index is 0.612. The van der Waals surface area contributed by atoms with Crippen molar-refractivity contribution in [2.75, 3.05) is 6.54 Å². The van der Waals surface area contributed by atoms with Gasteiger partial charge in [0.15, 0.2) is 0 Å². The van der Waals surface area contributed by atoms with Crippen LogP contribution in [0.2, 0.25) is 0 Å². The molecule has 0 bridgehead atoms. The van der Waals surface area contributed by atoms with Crippen molar-refractivity contribution >= 4 is 11.7 Å². The molecule has 12 heavy (non-hydrogen) atoms. The lowest BCUT2D eigenvalue weighted by Crippen LogP contribution is -2.10. The zero-order chi connectivity index (χ0) is 8.81. The van der Waals surface area contributed by atoms with Gasteiger partial charge in [0.1, 0.15) is 5.94 Å². The molecule has 0 aromatic heterocycles. The highest BCUT2D eigenvalue weighted by Crippen LogP contribution is 2.18. The molecule has 0 amide bonds. The zero-order valence-corrected chi connectivity index (χ0v) is 7.18. The molecule has 1 fully saturated rings. The summed E-state index contributed by atoms with van der Waals surface area (Å²) in [6, 6.07) is 0. The fraction of sp³-hybridized carbons (Fsp3) is 0.500. The smallest absolute Gasteiger partial charge is 0.129 e. The molecule has 0 saturated heterocycles. The molecule has 0 N–H and O–H groups in total. The van der Waals surface area contributed by atoms with Gasteiger partial charge in [0.2, 0.25) is 0 Å². The lowest BCUT2D eigenvalue weighted by molar-refractivity contribution is 0.565. The molecule has 0 aromatic rings. The second-order valence-electron chi connectivity index (χ2n) is 2.86. The molecule has 1 aliphatic carbocycles. The standard InChI is InChI=1S/C10H13NO/c1-2-7-11-10-6-4-3-5-9(10)8-12/h2H,1,3-7H2. The maximum absolute atomic E-state index is 10.5. The van der Waals surface area contributed by atoms with Crippen LogP contribution in [0.3, 0.4) is 0 Å². The molecule has 64 valence electrons. The van der Waals surface area contributed by atoms with Crippen LogP contribution in [0.4, 0.5) is 0 Å². The molecule has 1 aliphatic rings. The minimum atomic E-state index is 0.612. The molecule has 0 aromatic carbocycles. The van der Waals surface area contributed by atoms with Crippen molar-refractivity contribution in [3.63, 3.8) is 0 Å². The van der Waals surface area contributed by atoms with E-state index in [2.05, 4.69) is 11.6 Å². The predicted molar refractivity (Wildman–Crippen MR) is 50.2 cm³/mol. The van der Waals surface area contributed by atoms with Crippen LogP contribution in [0.1, 0.15) is 25.7 Å². The Hall–Kier alpha value is -1.14. The fourth-order valence-electron chi connectivity index (χ4n) is 1.35. The summed E-state index contributed by atoms with van der Waals surface area (Å²) in [7, 11) is 0. The van der Waals surface area contributed by atoms with Gasteiger partial charge in [0.05, 0.1) is 12.1 Å². The molecule has 0 aliphatic heterocycles. The van der Waals surface area contributed by atoms with Crippen molar-refractivity contribution in [1.82, 2.24) is 0 Å². The summed E-state index contributed by atoms with van der Waals surface area (Å²) in [5, 5.41) is 0. The van der Waals surface area contributed by atoms with Crippen molar-refractivity contribution in [3.05, 3.63) is 18.2 Å². The van der Waals surface area contributed by atoms with Gasteiger partial charge in [-0.3, -0.25) is 4.99 Å². The van der Waals surface area contributed by atoms with E-state index in [1.165, 1.54) is 0 Å². The lowest BCUT2D eigenvalue weighted by atomic mass is 9.94. The van der Waals surface area contributed by atoms with E-state index in [4.69, 9.17) is 0 Å². The van der Waals surface area contributed by atoms with Gasteiger partial charge in [0.25, 0.3) is 0 Å². The topological polar surface area (TPSA) is 29.4 Å². The van der Waals surface area contributed by atoms with E-state index < -0.39 is 0 Å². The van der Waals surface area contributed by atoms with Gasteiger partial charge in [-0.15, -0.1) is 6.58 Å². The van der Waals surface area contributed by atoms with Gasteiger partial charge < -0.3 is 0 Å².